The molecule has 0 radical (unpaired) electrons. The lowest BCUT2D eigenvalue weighted by Gasteiger charge is -2.52. The van der Waals surface area contributed by atoms with Gasteiger partial charge in [0, 0.05) is 27.5 Å². The van der Waals surface area contributed by atoms with Gasteiger partial charge in [-0.3, -0.25) is 0 Å². The molecule has 0 amide bonds. The topological polar surface area (TPSA) is 34.2 Å². The number of nitrogens with zero attached hydrogens (tertiary/aromatic N) is 2. The van der Waals surface area contributed by atoms with Gasteiger partial charge in [0.2, 0.25) is 0 Å². The third-order valence-corrected chi connectivity index (χ3v) is 12.0. The van der Waals surface area contributed by atoms with E-state index in [0.29, 0.717) is 28.0 Å². The fraction of sp³-hybridized carbons (Fsp3) is 0.333. The molecular formula is C45H42F4N2O3. The molecule has 4 aliphatic rings. The molecule has 0 atom stereocenters. The van der Waals surface area contributed by atoms with Crippen molar-refractivity contribution in [2.75, 3.05) is 31.0 Å². The van der Waals surface area contributed by atoms with Gasteiger partial charge in [-0.15, -0.1) is 5.12 Å². The molecule has 2 aliphatic heterocycles. The summed E-state index contributed by atoms with van der Waals surface area (Å²) in [4.78, 5) is 0. The lowest BCUT2D eigenvalue weighted by Crippen LogP contribution is -2.48. The van der Waals surface area contributed by atoms with Crippen LogP contribution in [0.1, 0.15) is 74.8 Å². The van der Waals surface area contributed by atoms with Crippen LogP contribution in [0, 0.1) is 10.8 Å². The number of anilines is 2. The molecule has 5 aromatic carbocycles. The Kier molecular flexibility index (Phi) is 7.31. The average Bonchev–Trinajstić information content (AvgIpc) is 3.40. The van der Waals surface area contributed by atoms with Crippen LogP contribution in [-0.2, 0) is 11.0 Å². The van der Waals surface area contributed by atoms with E-state index in [2.05, 4.69) is 52.0 Å². The molecule has 1 fully saturated rings. The zero-order valence-corrected chi connectivity index (χ0v) is 31.2. The first-order valence-electron chi connectivity index (χ1n) is 18.3. The number of halogens is 4. The number of methoxy groups -OCH3 is 2. The van der Waals surface area contributed by atoms with Crippen LogP contribution in [-0.4, -0.2) is 26.8 Å². The Morgan fingerprint density at radius 1 is 0.704 bits per heavy atom. The van der Waals surface area contributed by atoms with Crippen LogP contribution in [0.3, 0.4) is 0 Å². The van der Waals surface area contributed by atoms with Gasteiger partial charge in [0.1, 0.15) is 29.5 Å². The van der Waals surface area contributed by atoms with Gasteiger partial charge in [0.05, 0.1) is 19.9 Å². The molecule has 0 aromatic heterocycles. The Hall–Kier alpha value is -5.18. The highest BCUT2D eigenvalue weighted by atomic mass is 19.3. The first kappa shape index (κ1) is 34.6. The van der Waals surface area contributed by atoms with Crippen molar-refractivity contribution in [3.63, 3.8) is 0 Å². The Labute approximate surface area is 312 Å². The SMILES string of the molecule is COc1ccc(C2(c3ccc(OC)cc3)C=Cc3c4c(c5cc6c(cc5c3O2)N(F)CC(F)(F)N6F)-c2ccccc2C42CC(C)(C)CC(C)(C)C2)cc1. The van der Waals surface area contributed by atoms with Gasteiger partial charge >= 0.3 is 6.05 Å². The van der Waals surface area contributed by atoms with Crippen LogP contribution in [0.15, 0.2) is 91.0 Å². The van der Waals surface area contributed by atoms with Gasteiger partial charge in [-0.1, -0.05) is 91.3 Å². The minimum Gasteiger partial charge on any atom is -0.497 e. The summed E-state index contributed by atoms with van der Waals surface area (Å²) in [6.45, 7) is 7.79. The number of rotatable bonds is 4. The summed E-state index contributed by atoms with van der Waals surface area (Å²) in [5.41, 5.74) is 3.85. The van der Waals surface area contributed by atoms with Crippen molar-refractivity contribution in [1.82, 2.24) is 0 Å². The van der Waals surface area contributed by atoms with Gasteiger partial charge in [0.25, 0.3) is 0 Å². The molecule has 0 saturated heterocycles. The van der Waals surface area contributed by atoms with E-state index in [1.165, 1.54) is 12.1 Å². The van der Waals surface area contributed by atoms with Gasteiger partial charge < -0.3 is 14.2 Å². The molecule has 5 aromatic rings. The van der Waals surface area contributed by atoms with Gasteiger partial charge in [-0.2, -0.15) is 8.78 Å². The Morgan fingerprint density at radius 3 is 1.87 bits per heavy atom. The summed E-state index contributed by atoms with van der Waals surface area (Å²) in [5, 5.41) is 0.369. The molecule has 0 N–H and O–H groups in total. The summed E-state index contributed by atoms with van der Waals surface area (Å²) in [7, 11) is 3.22. The molecule has 0 bridgehead atoms. The van der Waals surface area contributed by atoms with Crippen LogP contribution < -0.4 is 24.5 Å². The predicted octanol–water partition coefficient (Wildman–Crippen LogP) is 11.7. The van der Waals surface area contributed by atoms with Crippen molar-refractivity contribution < 1.29 is 32.0 Å². The fourth-order valence-corrected chi connectivity index (χ4v) is 10.7. The molecule has 278 valence electrons. The highest BCUT2D eigenvalue weighted by molar-refractivity contribution is 6.11. The molecule has 0 unspecified atom stereocenters. The molecule has 54 heavy (non-hydrogen) atoms. The van der Waals surface area contributed by atoms with E-state index in [1.54, 1.807) is 14.2 Å². The number of benzene rings is 5. The fourth-order valence-electron chi connectivity index (χ4n) is 10.7. The number of alkyl halides is 2. The number of hydrogen-bond acceptors (Lipinski definition) is 5. The van der Waals surface area contributed by atoms with Crippen LogP contribution >= 0.6 is 0 Å². The smallest absolute Gasteiger partial charge is 0.371 e. The van der Waals surface area contributed by atoms with E-state index in [9.17, 15) is 8.78 Å². The summed E-state index contributed by atoms with van der Waals surface area (Å²) < 4.78 is 79.8. The lowest BCUT2D eigenvalue weighted by atomic mass is 9.52. The Bertz CT molecular complexity index is 2300. The van der Waals surface area contributed by atoms with Crippen LogP contribution in [0.2, 0.25) is 0 Å². The van der Waals surface area contributed by atoms with Crippen molar-refractivity contribution in [3.05, 3.63) is 119 Å². The molecule has 9 heteroatoms. The quantitative estimate of drug-likeness (QED) is 0.104. The van der Waals surface area contributed by atoms with Crippen molar-refractivity contribution in [2.45, 2.75) is 64.0 Å². The van der Waals surface area contributed by atoms with Crippen molar-refractivity contribution in [3.8, 4) is 28.4 Å². The molecule has 1 saturated carbocycles. The third kappa shape index (κ3) is 4.89. The number of hydrogen-bond donors (Lipinski definition) is 0. The molecule has 1 spiro atoms. The van der Waals surface area contributed by atoms with E-state index in [0.717, 1.165) is 58.2 Å². The summed E-state index contributed by atoms with van der Waals surface area (Å²) in [6, 6.07) is 22.4. The molecule has 5 nitrogen and oxygen atoms in total. The molecular weight excluding hydrogens is 692 g/mol. The lowest BCUT2D eigenvalue weighted by molar-refractivity contribution is -0.0452. The van der Waals surface area contributed by atoms with Crippen molar-refractivity contribution in [1.29, 1.82) is 0 Å². The largest absolute Gasteiger partial charge is 0.497 e. The van der Waals surface area contributed by atoms with E-state index >= 15 is 8.96 Å². The van der Waals surface area contributed by atoms with Gasteiger partial charge in [-0.05, 0) is 100 Å². The second-order valence-electron chi connectivity index (χ2n) is 17.0. The van der Waals surface area contributed by atoms with Crippen molar-refractivity contribution >= 4 is 28.2 Å². The standard InChI is InChI=1S/C45H42F4N2O3/c1-41(2)23-42(3,4)25-43(24-41)35-10-8-7-9-31(35)38-33-21-37-36(50(48)26-45(46,47)51(37)49)22-34(33)40-32(39(38)43)19-20-44(54-40,27-11-15-29(52-5)16-12-27)28-13-17-30(53-6)18-14-28/h7-22H,23-26H2,1-6H3. The second-order valence-corrected chi connectivity index (χ2v) is 17.0. The minimum atomic E-state index is -4.07. The summed E-state index contributed by atoms with van der Waals surface area (Å²) in [5.74, 6) is 1.83. The van der Waals surface area contributed by atoms with E-state index in [-0.39, 0.29) is 21.6 Å². The highest BCUT2D eigenvalue weighted by Gasteiger charge is 2.56. The van der Waals surface area contributed by atoms with Crippen LogP contribution in [0.5, 0.6) is 17.2 Å². The average molecular weight is 735 g/mol. The maximum atomic E-state index is 15.7. The van der Waals surface area contributed by atoms with E-state index < -0.39 is 34.4 Å². The van der Waals surface area contributed by atoms with Gasteiger partial charge in [-0.25, -0.2) is 5.12 Å². The number of fused-ring (bicyclic) bond motifs is 11. The van der Waals surface area contributed by atoms with E-state index in [1.807, 2.05) is 60.7 Å². The minimum absolute atomic E-state index is 0.0596. The second kappa shape index (κ2) is 11.4. The third-order valence-electron chi connectivity index (χ3n) is 12.0. The molecule has 9 rings (SSSR count). The number of ether oxygens (including phenoxy) is 3. The maximum absolute atomic E-state index is 15.7. The predicted molar refractivity (Wildman–Crippen MR) is 205 cm³/mol. The Morgan fingerprint density at radius 2 is 1.28 bits per heavy atom. The zero-order valence-electron chi connectivity index (χ0n) is 31.2. The maximum Gasteiger partial charge on any atom is 0.371 e. The Balaban J connectivity index is 1.41. The van der Waals surface area contributed by atoms with Crippen molar-refractivity contribution in [2.24, 2.45) is 10.8 Å². The van der Waals surface area contributed by atoms with Gasteiger partial charge in [0.15, 0.2) is 5.60 Å². The zero-order chi connectivity index (χ0) is 38.0. The van der Waals surface area contributed by atoms with Crippen LogP contribution in [0.25, 0.3) is 28.0 Å². The first-order valence-corrected chi connectivity index (χ1v) is 18.3. The molecule has 2 aliphatic carbocycles. The normalized spacial score (nSPS) is 20.5. The highest BCUT2D eigenvalue weighted by Crippen LogP contribution is 2.67. The van der Waals surface area contributed by atoms with Crippen LogP contribution in [0.4, 0.5) is 29.1 Å². The molecule has 2 heterocycles. The monoisotopic (exact) mass is 734 g/mol. The van der Waals surface area contributed by atoms with E-state index in [4.69, 9.17) is 14.2 Å². The summed E-state index contributed by atoms with van der Waals surface area (Å²) in [6.07, 6.45) is 6.88. The first-order chi connectivity index (χ1) is 25.6. The summed E-state index contributed by atoms with van der Waals surface area (Å²) >= 11 is 0.